The SMILES string of the molecule is COc1ccc(-c2nc3ccc(Br)cc3c(=O)n2N=Cc2ccccc2F)cc1OC. The fourth-order valence-corrected chi connectivity index (χ4v) is 3.48. The van der Waals surface area contributed by atoms with E-state index in [1.807, 2.05) is 0 Å². The summed E-state index contributed by atoms with van der Waals surface area (Å²) in [6, 6.07) is 16.6. The summed E-state index contributed by atoms with van der Waals surface area (Å²) in [7, 11) is 3.06. The van der Waals surface area contributed by atoms with Gasteiger partial charge in [0.1, 0.15) is 5.82 Å². The third-order valence-electron chi connectivity index (χ3n) is 4.67. The minimum absolute atomic E-state index is 0.252. The first-order valence-corrected chi connectivity index (χ1v) is 10.0. The lowest BCUT2D eigenvalue weighted by molar-refractivity contribution is 0.355. The van der Waals surface area contributed by atoms with Crippen molar-refractivity contribution in [3.05, 3.63) is 86.9 Å². The Morgan fingerprint density at radius 3 is 2.55 bits per heavy atom. The van der Waals surface area contributed by atoms with Crippen molar-refractivity contribution in [2.75, 3.05) is 14.2 Å². The third-order valence-corrected chi connectivity index (χ3v) is 5.16. The molecule has 0 N–H and O–H groups in total. The molecule has 0 saturated carbocycles. The van der Waals surface area contributed by atoms with E-state index in [-0.39, 0.29) is 16.9 Å². The first-order valence-electron chi connectivity index (χ1n) is 9.25. The van der Waals surface area contributed by atoms with Gasteiger partial charge in [-0.2, -0.15) is 9.78 Å². The van der Waals surface area contributed by atoms with Crippen LogP contribution in [0.1, 0.15) is 5.56 Å². The van der Waals surface area contributed by atoms with Crippen molar-refractivity contribution in [2.45, 2.75) is 0 Å². The zero-order chi connectivity index (χ0) is 22.0. The van der Waals surface area contributed by atoms with E-state index < -0.39 is 5.82 Å². The molecule has 31 heavy (non-hydrogen) atoms. The molecule has 1 heterocycles. The molecule has 4 rings (SSSR count). The van der Waals surface area contributed by atoms with Crippen LogP contribution in [0.5, 0.6) is 11.5 Å². The number of rotatable bonds is 5. The first-order chi connectivity index (χ1) is 15.0. The largest absolute Gasteiger partial charge is 0.493 e. The highest BCUT2D eigenvalue weighted by atomic mass is 79.9. The summed E-state index contributed by atoms with van der Waals surface area (Å²) in [6.07, 6.45) is 1.30. The Hall–Kier alpha value is -3.52. The predicted octanol–water partition coefficient (Wildman–Crippen LogP) is 4.86. The number of halogens is 2. The van der Waals surface area contributed by atoms with Crippen LogP contribution in [0.3, 0.4) is 0 Å². The van der Waals surface area contributed by atoms with Crippen LogP contribution in [0, 0.1) is 5.82 Å². The van der Waals surface area contributed by atoms with Crippen LogP contribution in [0.2, 0.25) is 0 Å². The van der Waals surface area contributed by atoms with Gasteiger partial charge in [0.05, 0.1) is 31.3 Å². The van der Waals surface area contributed by atoms with Crippen LogP contribution in [-0.2, 0) is 0 Å². The molecule has 0 unspecified atom stereocenters. The summed E-state index contributed by atoms with van der Waals surface area (Å²) in [5, 5.41) is 4.66. The van der Waals surface area contributed by atoms with Crippen LogP contribution in [0.4, 0.5) is 4.39 Å². The molecule has 0 fully saturated rings. The van der Waals surface area contributed by atoms with E-state index in [2.05, 4.69) is 26.0 Å². The van der Waals surface area contributed by atoms with Gasteiger partial charge in [-0.25, -0.2) is 9.37 Å². The summed E-state index contributed by atoms with van der Waals surface area (Å²) in [5.74, 6) is 0.867. The lowest BCUT2D eigenvalue weighted by atomic mass is 10.1. The second-order valence-electron chi connectivity index (χ2n) is 6.55. The summed E-state index contributed by atoms with van der Waals surface area (Å²) in [6.45, 7) is 0. The molecular weight excluding hydrogens is 465 g/mol. The van der Waals surface area contributed by atoms with Crippen LogP contribution in [-0.4, -0.2) is 30.1 Å². The summed E-state index contributed by atoms with van der Waals surface area (Å²) < 4.78 is 26.6. The molecule has 0 saturated heterocycles. The highest BCUT2D eigenvalue weighted by Gasteiger charge is 2.15. The van der Waals surface area contributed by atoms with Crippen molar-refractivity contribution in [1.82, 2.24) is 9.66 Å². The molecule has 0 bridgehead atoms. The lowest BCUT2D eigenvalue weighted by Crippen LogP contribution is -2.20. The maximum atomic E-state index is 14.1. The van der Waals surface area contributed by atoms with E-state index in [1.165, 1.54) is 26.5 Å². The van der Waals surface area contributed by atoms with Crippen molar-refractivity contribution >= 4 is 33.0 Å². The van der Waals surface area contributed by atoms with Crippen LogP contribution in [0.15, 0.2) is 75.0 Å². The van der Waals surface area contributed by atoms with Crippen molar-refractivity contribution < 1.29 is 13.9 Å². The fraction of sp³-hybridized carbons (Fsp3) is 0.0870. The van der Waals surface area contributed by atoms with Crippen molar-refractivity contribution in [3.63, 3.8) is 0 Å². The van der Waals surface area contributed by atoms with Gasteiger partial charge in [-0.05, 0) is 42.5 Å². The normalized spacial score (nSPS) is 11.2. The molecule has 8 heteroatoms. The standard InChI is InChI=1S/C23H17BrFN3O3/c1-30-20-10-7-14(11-21(20)31-2)22-27-19-9-8-16(24)12-17(19)23(29)28(22)26-13-15-5-3-4-6-18(15)25/h3-13H,1-2H3. The molecule has 0 spiro atoms. The minimum Gasteiger partial charge on any atom is -0.493 e. The monoisotopic (exact) mass is 481 g/mol. The van der Waals surface area contributed by atoms with Gasteiger partial charge >= 0.3 is 0 Å². The van der Waals surface area contributed by atoms with E-state index in [0.29, 0.717) is 28.0 Å². The Balaban J connectivity index is 1.97. The number of nitrogens with zero attached hydrogens (tertiary/aromatic N) is 3. The van der Waals surface area contributed by atoms with Gasteiger partial charge in [0.25, 0.3) is 5.56 Å². The van der Waals surface area contributed by atoms with Crippen LogP contribution in [0.25, 0.3) is 22.3 Å². The van der Waals surface area contributed by atoms with E-state index in [9.17, 15) is 9.18 Å². The van der Waals surface area contributed by atoms with Gasteiger partial charge in [0.2, 0.25) is 0 Å². The Labute approximate surface area is 185 Å². The number of benzene rings is 3. The fourth-order valence-electron chi connectivity index (χ4n) is 3.12. The zero-order valence-electron chi connectivity index (χ0n) is 16.7. The molecule has 6 nitrogen and oxygen atoms in total. The van der Waals surface area contributed by atoms with E-state index in [0.717, 1.165) is 9.15 Å². The van der Waals surface area contributed by atoms with Crippen molar-refractivity contribution in [3.8, 4) is 22.9 Å². The van der Waals surface area contributed by atoms with Crippen molar-refractivity contribution in [1.29, 1.82) is 0 Å². The highest BCUT2D eigenvalue weighted by Crippen LogP contribution is 2.32. The van der Waals surface area contributed by atoms with Gasteiger partial charge in [0, 0.05) is 15.6 Å². The van der Waals surface area contributed by atoms with Gasteiger partial charge in [0.15, 0.2) is 17.3 Å². The molecule has 3 aromatic carbocycles. The Bertz CT molecular complexity index is 1370. The number of hydrogen-bond acceptors (Lipinski definition) is 5. The molecule has 0 aliphatic heterocycles. The average Bonchev–Trinajstić information content (AvgIpc) is 2.79. The number of aromatic nitrogens is 2. The molecule has 0 atom stereocenters. The second-order valence-corrected chi connectivity index (χ2v) is 7.47. The lowest BCUT2D eigenvalue weighted by Gasteiger charge is -2.12. The zero-order valence-corrected chi connectivity index (χ0v) is 18.3. The average molecular weight is 482 g/mol. The molecule has 4 aromatic rings. The van der Waals surface area contributed by atoms with Crippen LogP contribution < -0.4 is 15.0 Å². The number of fused-ring (bicyclic) bond motifs is 1. The number of hydrogen-bond donors (Lipinski definition) is 0. The Kier molecular flexibility index (Phi) is 5.81. The number of methoxy groups -OCH3 is 2. The van der Waals surface area contributed by atoms with Gasteiger partial charge in [-0.15, -0.1) is 0 Å². The molecule has 0 radical (unpaired) electrons. The molecule has 156 valence electrons. The summed E-state index contributed by atoms with van der Waals surface area (Å²) in [4.78, 5) is 17.9. The Morgan fingerprint density at radius 1 is 1.03 bits per heavy atom. The van der Waals surface area contributed by atoms with Crippen LogP contribution >= 0.6 is 15.9 Å². The summed E-state index contributed by atoms with van der Waals surface area (Å²) in [5.41, 5.74) is 0.964. The molecule has 0 aliphatic carbocycles. The Morgan fingerprint density at radius 2 is 1.81 bits per heavy atom. The molecule has 0 aliphatic rings. The van der Waals surface area contributed by atoms with Gasteiger partial charge in [-0.3, -0.25) is 4.79 Å². The quantitative estimate of drug-likeness (QED) is 0.381. The summed E-state index contributed by atoms with van der Waals surface area (Å²) >= 11 is 3.38. The van der Waals surface area contributed by atoms with E-state index >= 15 is 0 Å². The third kappa shape index (κ3) is 4.06. The highest BCUT2D eigenvalue weighted by molar-refractivity contribution is 9.10. The predicted molar refractivity (Wildman–Crippen MR) is 122 cm³/mol. The first kappa shape index (κ1) is 20.7. The van der Waals surface area contributed by atoms with Gasteiger partial charge < -0.3 is 9.47 Å². The molecule has 1 aromatic heterocycles. The number of ether oxygens (including phenoxy) is 2. The van der Waals surface area contributed by atoms with E-state index in [1.54, 1.807) is 54.6 Å². The van der Waals surface area contributed by atoms with E-state index in [4.69, 9.17) is 9.47 Å². The molecular formula is C23H17BrFN3O3. The molecule has 0 amide bonds. The maximum absolute atomic E-state index is 14.1. The topological polar surface area (TPSA) is 65.7 Å². The maximum Gasteiger partial charge on any atom is 0.282 e. The minimum atomic E-state index is -0.441. The smallest absolute Gasteiger partial charge is 0.282 e. The second kappa shape index (κ2) is 8.69. The van der Waals surface area contributed by atoms with Crippen molar-refractivity contribution in [2.24, 2.45) is 5.10 Å². The van der Waals surface area contributed by atoms with Gasteiger partial charge in [-0.1, -0.05) is 34.1 Å².